The van der Waals surface area contributed by atoms with Crippen LogP contribution in [0.2, 0.25) is 0 Å². The second kappa shape index (κ2) is 7.04. The van der Waals surface area contributed by atoms with Gasteiger partial charge in [-0.3, -0.25) is 4.79 Å². The van der Waals surface area contributed by atoms with Crippen molar-refractivity contribution in [3.8, 4) is 0 Å². The van der Waals surface area contributed by atoms with Crippen molar-refractivity contribution in [2.24, 2.45) is 5.92 Å². The summed E-state index contributed by atoms with van der Waals surface area (Å²) in [4.78, 5) is 24.2. The van der Waals surface area contributed by atoms with Crippen LogP contribution in [0.15, 0.2) is 6.07 Å². The third-order valence-corrected chi connectivity index (χ3v) is 4.88. The Balaban J connectivity index is 1.88. The van der Waals surface area contributed by atoms with Crippen LogP contribution in [0.5, 0.6) is 0 Å². The highest BCUT2D eigenvalue weighted by molar-refractivity contribution is 7.16. The number of carbonyl (C=O) groups excluding carboxylic acids is 1. The van der Waals surface area contributed by atoms with Gasteiger partial charge in [0.1, 0.15) is 5.00 Å². The SMILES string of the molecule is CCOC1CC(CC(=O)Nc2sc(CC)cc2C(=O)O)C1. The van der Waals surface area contributed by atoms with E-state index in [0.717, 1.165) is 24.1 Å². The minimum absolute atomic E-state index is 0.109. The highest BCUT2D eigenvalue weighted by Crippen LogP contribution is 2.34. The van der Waals surface area contributed by atoms with Crippen LogP contribution in [0.1, 0.15) is 48.3 Å². The molecule has 116 valence electrons. The number of rotatable bonds is 7. The number of carboxylic acid groups (broad SMARTS) is 1. The molecule has 1 amide bonds. The molecule has 2 N–H and O–H groups in total. The largest absolute Gasteiger partial charge is 0.478 e. The van der Waals surface area contributed by atoms with Crippen molar-refractivity contribution in [3.05, 3.63) is 16.5 Å². The Morgan fingerprint density at radius 3 is 2.71 bits per heavy atom. The van der Waals surface area contributed by atoms with Crippen molar-refractivity contribution in [2.45, 2.75) is 45.6 Å². The third kappa shape index (κ3) is 4.04. The fourth-order valence-corrected chi connectivity index (χ4v) is 3.53. The Morgan fingerprint density at radius 2 is 2.14 bits per heavy atom. The standard InChI is InChI=1S/C15H21NO4S/c1-3-11-8-12(15(18)19)14(21-11)16-13(17)7-9-5-10(6-9)20-4-2/h8-10H,3-7H2,1-2H3,(H,16,17)(H,18,19). The van der Waals surface area contributed by atoms with Crippen LogP contribution in [0.4, 0.5) is 5.00 Å². The molecule has 6 heteroatoms. The monoisotopic (exact) mass is 311 g/mol. The van der Waals surface area contributed by atoms with Crippen LogP contribution in [0.25, 0.3) is 0 Å². The Labute approximate surface area is 128 Å². The topological polar surface area (TPSA) is 75.6 Å². The first-order valence-electron chi connectivity index (χ1n) is 7.30. The first-order valence-corrected chi connectivity index (χ1v) is 8.12. The first-order chi connectivity index (χ1) is 10.0. The molecular weight excluding hydrogens is 290 g/mol. The average Bonchev–Trinajstić information content (AvgIpc) is 2.79. The lowest BCUT2D eigenvalue weighted by molar-refractivity contribution is -0.119. The lowest BCUT2D eigenvalue weighted by atomic mass is 9.80. The van der Waals surface area contributed by atoms with Gasteiger partial charge >= 0.3 is 5.97 Å². The van der Waals surface area contributed by atoms with Crippen LogP contribution in [-0.4, -0.2) is 29.7 Å². The second-order valence-electron chi connectivity index (χ2n) is 5.28. The van der Waals surface area contributed by atoms with Gasteiger partial charge in [-0.2, -0.15) is 0 Å². The summed E-state index contributed by atoms with van der Waals surface area (Å²) >= 11 is 1.34. The van der Waals surface area contributed by atoms with E-state index < -0.39 is 5.97 Å². The lowest BCUT2D eigenvalue weighted by Gasteiger charge is -2.34. The number of anilines is 1. The molecule has 0 bridgehead atoms. The van der Waals surface area contributed by atoms with E-state index in [4.69, 9.17) is 9.84 Å². The van der Waals surface area contributed by atoms with Gasteiger partial charge in [-0.05, 0) is 38.2 Å². The highest BCUT2D eigenvalue weighted by atomic mass is 32.1. The predicted octanol–water partition coefficient (Wildman–Crippen LogP) is 3.15. The number of aromatic carboxylic acids is 1. The second-order valence-corrected chi connectivity index (χ2v) is 6.42. The highest BCUT2D eigenvalue weighted by Gasteiger charge is 2.31. The molecule has 1 saturated carbocycles. The molecule has 1 aliphatic rings. The molecule has 1 aromatic heterocycles. The van der Waals surface area contributed by atoms with E-state index in [2.05, 4.69) is 5.32 Å². The zero-order valence-corrected chi connectivity index (χ0v) is 13.2. The van der Waals surface area contributed by atoms with Gasteiger partial charge in [0.25, 0.3) is 0 Å². The van der Waals surface area contributed by atoms with Gasteiger partial charge in [-0.1, -0.05) is 6.92 Å². The van der Waals surface area contributed by atoms with E-state index in [1.807, 2.05) is 13.8 Å². The smallest absolute Gasteiger partial charge is 0.338 e. The number of hydrogen-bond acceptors (Lipinski definition) is 4. The zero-order valence-electron chi connectivity index (χ0n) is 12.3. The number of amides is 1. The molecule has 1 aromatic rings. The number of carbonyl (C=O) groups is 2. The fraction of sp³-hybridized carbons (Fsp3) is 0.600. The Bertz CT molecular complexity index is 520. The van der Waals surface area contributed by atoms with Crippen molar-refractivity contribution >= 4 is 28.2 Å². The normalized spacial score (nSPS) is 20.9. The van der Waals surface area contributed by atoms with Crippen LogP contribution in [0, 0.1) is 5.92 Å². The van der Waals surface area contributed by atoms with Crippen LogP contribution in [-0.2, 0) is 16.0 Å². The van der Waals surface area contributed by atoms with Gasteiger partial charge < -0.3 is 15.2 Å². The summed E-state index contributed by atoms with van der Waals surface area (Å²) in [7, 11) is 0. The zero-order chi connectivity index (χ0) is 15.4. The number of nitrogens with one attached hydrogen (secondary N) is 1. The Morgan fingerprint density at radius 1 is 1.43 bits per heavy atom. The van der Waals surface area contributed by atoms with E-state index in [1.54, 1.807) is 6.07 Å². The van der Waals surface area contributed by atoms with Gasteiger partial charge in [-0.25, -0.2) is 4.79 Å². The van der Waals surface area contributed by atoms with Crippen molar-refractivity contribution in [3.63, 3.8) is 0 Å². The van der Waals surface area contributed by atoms with E-state index in [-0.39, 0.29) is 17.6 Å². The van der Waals surface area contributed by atoms with Crippen molar-refractivity contribution in [1.82, 2.24) is 0 Å². The molecule has 1 heterocycles. The fourth-order valence-electron chi connectivity index (χ4n) is 2.52. The van der Waals surface area contributed by atoms with Gasteiger partial charge in [-0.15, -0.1) is 11.3 Å². The van der Waals surface area contributed by atoms with Crippen LogP contribution < -0.4 is 5.32 Å². The average molecular weight is 311 g/mol. The summed E-state index contributed by atoms with van der Waals surface area (Å²) in [5, 5.41) is 12.4. The summed E-state index contributed by atoms with van der Waals surface area (Å²) < 4.78 is 5.47. The molecule has 1 aliphatic carbocycles. The van der Waals surface area contributed by atoms with Crippen LogP contribution >= 0.6 is 11.3 Å². The molecule has 0 radical (unpaired) electrons. The number of thiophene rings is 1. The van der Waals surface area contributed by atoms with E-state index in [9.17, 15) is 9.59 Å². The molecule has 0 aromatic carbocycles. The summed E-state index contributed by atoms with van der Waals surface area (Å²) in [6, 6.07) is 1.64. The number of ether oxygens (including phenoxy) is 1. The molecule has 0 unspecified atom stereocenters. The molecule has 0 atom stereocenters. The minimum Gasteiger partial charge on any atom is -0.478 e. The van der Waals surface area contributed by atoms with Crippen molar-refractivity contribution < 1.29 is 19.4 Å². The third-order valence-electron chi connectivity index (χ3n) is 3.68. The quantitative estimate of drug-likeness (QED) is 0.811. The summed E-state index contributed by atoms with van der Waals surface area (Å²) in [6.07, 6.45) is 3.31. The summed E-state index contributed by atoms with van der Waals surface area (Å²) in [5.41, 5.74) is 0.186. The van der Waals surface area contributed by atoms with Crippen molar-refractivity contribution in [1.29, 1.82) is 0 Å². The van der Waals surface area contributed by atoms with Gasteiger partial charge in [0.2, 0.25) is 5.91 Å². The maximum atomic E-state index is 12.0. The molecule has 5 nitrogen and oxygen atoms in total. The molecule has 2 rings (SSSR count). The van der Waals surface area contributed by atoms with Gasteiger partial charge in [0, 0.05) is 17.9 Å². The molecule has 21 heavy (non-hydrogen) atoms. The maximum absolute atomic E-state index is 12.0. The molecule has 0 aliphatic heterocycles. The minimum atomic E-state index is -0.999. The molecular formula is C15H21NO4S. The summed E-state index contributed by atoms with van der Waals surface area (Å²) in [5.74, 6) is -0.760. The predicted molar refractivity (Wildman–Crippen MR) is 82.0 cm³/mol. The van der Waals surface area contributed by atoms with Crippen molar-refractivity contribution in [2.75, 3.05) is 11.9 Å². The first kappa shape index (κ1) is 16.0. The lowest BCUT2D eigenvalue weighted by Crippen LogP contribution is -2.33. The Kier molecular flexibility index (Phi) is 5.36. The van der Waals surface area contributed by atoms with E-state index in [1.165, 1.54) is 11.3 Å². The number of carboxylic acids is 1. The van der Waals surface area contributed by atoms with Gasteiger partial charge in [0.05, 0.1) is 11.7 Å². The van der Waals surface area contributed by atoms with Gasteiger partial charge in [0.15, 0.2) is 0 Å². The molecule has 0 spiro atoms. The maximum Gasteiger partial charge on any atom is 0.338 e. The summed E-state index contributed by atoms with van der Waals surface area (Å²) in [6.45, 7) is 4.64. The molecule has 1 fully saturated rings. The number of hydrogen-bond donors (Lipinski definition) is 2. The Hall–Kier alpha value is -1.40. The molecule has 0 saturated heterocycles. The van der Waals surface area contributed by atoms with E-state index in [0.29, 0.717) is 23.9 Å². The number of aryl methyl sites for hydroxylation is 1. The van der Waals surface area contributed by atoms with Crippen LogP contribution in [0.3, 0.4) is 0 Å². The van der Waals surface area contributed by atoms with E-state index >= 15 is 0 Å².